The van der Waals surface area contributed by atoms with Crippen molar-refractivity contribution in [3.8, 4) is 0 Å². The van der Waals surface area contributed by atoms with Gasteiger partial charge in [0, 0.05) is 25.5 Å². The van der Waals surface area contributed by atoms with Crippen LogP contribution in [0.5, 0.6) is 0 Å². The molecule has 3 atom stereocenters. The van der Waals surface area contributed by atoms with Crippen molar-refractivity contribution >= 4 is 10.8 Å². The molecule has 3 unspecified atom stereocenters. The largest absolute Gasteiger partial charge is 0.337 e. The van der Waals surface area contributed by atoms with Crippen molar-refractivity contribution in [1.29, 1.82) is 0 Å². The number of hydrogen-bond donors (Lipinski definition) is 0. The van der Waals surface area contributed by atoms with Crippen LogP contribution in [-0.4, -0.2) is 28.5 Å². The highest BCUT2D eigenvalue weighted by Crippen LogP contribution is 2.34. The molecular weight excluding hydrogens is 298 g/mol. The summed E-state index contributed by atoms with van der Waals surface area (Å²) in [7, 11) is 0.694. The average Bonchev–Trinajstić information content (AvgIpc) is 3.05. The summed E-state index contributed by atoms with van der Waals surface area (Å²) in [6, 6.07) is 0.374. The highest BCUT2D eigenvalue weighted by molar-refractivity contribution is 7.84. The summed E-state index contributed by atoms with van der Waals surface area (Å²) >= 11 is 0. The summed E-state index contributed by atoms with van der Waals surface area (Å²) in [6.45, 7) is 4.24. The van der Waals surface area contributed by atoms with Gasteiger partial charge in [0.05, 0.1) is 16.6 Å². The van der Waals surface area contributed by atoms with Crippen molar-refractivity contribution < 1.29 is 4.21 Å². The first-order valence-electron chi connectivity index (χ1n) is 7.82. The zero-order chi connectivity index (χ0) is 15.7. The Bertz CT molecular complexity index is 677. The smallest absolute Gasteiger partial charge is 0.222 e. The SMILES string of the molecule is Cc1nnc(S(=O)Cc2nccn2C)n1C1CCCC(C)C1. The lowest BCUT2D eigenvalue weighted by atomic mass is 9.87. The van der Waals surface area contributed by atoms with Crippen LogP contribution in [0, 0.1) is 12.8 Å². The molecule has 2 aromatic heterocycles. The molecular formula is C15H23N5OS. The van der Waals surface area contributed by atoms with Crippen molar-refractivity contribution in [3.63, 3.8) is 0 Å². The number of rotatable bonds is 4. The minimum absolute atomic E-state index is 0.374. The molecule has 3 rings (SSSR count). The number of imidazole rings is 1. The van der Waals surface area contributed by atoms with Gasteiger partial charge in [0.25, 0.3) is 0 Å². The molecule has 0 spiro atoms. The van der Waals surface area contributed by atoms with E-state index in [0.29, 0.717) is 22.9 Å². The quantitative estimate of drug-likeness (QED) is 0.867. The van der Waals surface area contributed by atoms with Crippen molar-refractivity contribution in [2.75, 3.05) is 0 Å². The number of aryl methyl sites for hydroxylation is 2. The highest BCUT2D eigenvalue weighted by Gasteiger charge is 2.27. The molecule has 0 bridgehead atoms. The Morgan fingerprint density at radius 2 is 2.18 bits per heavy atom. The normalized spacial score (nSPS) is 23.6. The molecule has 0 amide bonds. The lowest BCUT2D eigenvalue weighted by Gasteiger charge is -2.29. The second-order valence-corrected chi connectivity index (χ2v) is 7.61. The van der Waals surface area contributed by atoms with Crippen LogP contribution in [0.25, 0.3) is 0 Å². The predicted octanol–water partition coefficient (Wildman–Crippen LogP) is 2.38. The Morgan fingerprint density at radius 1 is 1.36 bits per heavy atom. The van der Waals surface area contributed by atoms with Gasteiger partial charge in [0.2, 0.25) is 5.16 Å². The molecule has 0 saturated heterocycles. The summed E-state index contributed by atoms with van der Waals surface area (Å²) < 4.78 is 16.8. The van der Waals surface area contributed by atoms with Gasteiger partial charge in [-0.1, -0.05) is 19.8 Å². The fourth-order valence-electron chi connectivity index (χ4n) is 3.28. The van der Waals surface area contributed by atoms with Crippen LogP contribution in [-0.2, 0) is 23.6 Å². The zero-order valence-corrected chi connectivity index (χ0v) is 14.2. The minimum Gasteiger partial charge on any atom is -0.337 e. The molecule has 0 aromatic carbocycles. The van der Waals surface area contributed by atoms with Crippen molar-refractivity contribution in [2.24, 2.45) is 13.0 Å². The lowest BCUT2D eigenvalue weighted by Crippen LogP contribution is -2.21. The maximum absolute atomic E-state index is 12.8. The first-order valence-corrected chi connectivity index (χ1v) is 9.14. The van der Waals surface area contributed by atoms with Crippen molar-refractivity contribution in [1.82, 2.24) is 24.3 Å². The second-order valence-electron chi connectivity index (χ2n) is 6.27. The summed E-state index contributed by atoms with van der Waals surface area (Å²) in [6.07, 6.45) is 8.33. The van der Waals surface area contributed by atoms with Gasteiger partial charge in [-0.05, 0) is 25.7 Å². The van der Waals surface area contributed by atoms with Gasteiger partial charge in [-0.15, -0.1) is 10.2 Å². The molecule has 1 fully saturated rings. The highest BCUT2D eigenvalue weighted by atomic mass is 32.2. The maximum atomic E-state index is 12.8. The van der Waals surface area contributed by atoms with E-state index >= 15 is 0 Å². The minimum atomic E-state index is -1.22. The van der Waals surface area contributed by atoms with Gasteiger partial charge in [-0.25, -0.2) is 4.98 Å². The van der Waals surface area contributed by atoms with Gasteiger partial charge in [0.15, 0.2) is 0 Å². The molecule has 2 aromatic rings. The topological polar surface area (TPSA) is 65.6 Å². The van der Waals surface area contributed by atoms with E-state index in [9.17, 15) is 4.21 Å². The van der Waals surface area contributed by atoms with Gasteiger partial charge in [0.1, 0.15) is 11.6 Å². The Balaban J connectivity index is 1.85. The molecule has 2 heterocycles. The number of aromatic nitrogens is 5. The van der Waals surface area contributed by atoms with Crippen molar-refractivity contribution in [3.05, 3.63) is 24.0 Å². The van der Waals surface area contributed by atoms with Crippen LogP contribution < -0.4 is 0 Å². The molecule has 0 radical (unpaired) electrons. The first-order chi connectivity index (χ1) is 10.6. The summed E-state index contributed by atoms with van der Waals surface area (Å²) in [5.74, 6) is 2.76. The zero-order valence-electron chi connectivity index (χ0n) is 13.4. The van der Waals surface area contributed by atoms with Gasteiger partial charge in [-0.3, -0.25) is 4.21 Å². The second kappa shape index (κ2) is 6.32. The van der Waals surface area contributed by atoms with Crippen LogP contribution in [0.4, 0.5) is 0 Å². The van der Waals surface area contributed by atoms with E-state index in [0.717, 1.165) is 24.5 Å². The third-order valence-electron chi connectivity index (χ3n) is 4.49. The monoisotopic (exact) mass is 321 g/mol. The van der Waals surface area contributed by atoms with Gasteiger partial charge >= 0.3 is 0 Å². The first kappa shape index (κ1) is 15.4. The van der Waals surface area contributed by atoms with E-state index in [1.54, 1.807) is 6.20 Å². The molecule has 6 nitrogen and oxygen atoms in total. The lowest BCUT2D eigenvalue weighted by molar-refractivity contribution is 0.267. The van der Waals surface area contributed by atoms with Gasteiger partial charge < -0.3 is 9.13 Å². The third-order valence-corrected chi connectivity index (χ3v) is 5.70. The van der Waals surface area contributed by atoms with E-state index in [1.165, 1.54) is 12.8 Å². The Hall–Kier alpha value is -1.50. The molecule has 0 N–H and O–H groups in total. The molecule has 0 aliphatic heterocycles. The van der Waals surface area contributed by atoms with E-state index in [-0.39, 0.29) is 0 Å². The van der Waals surface area contributed by atoms with Crippen LogP contribution >= 0.6 is 0 Å². The summed E-state index contributed by atoms with van der Waals surface area (Å²) in [5, 5.41) is 8.98. The summed E-state index contributed by atoms with van der Waals surface area (Å²) in [4.78, 5) is 4.25. The number of nitrogens with zero attached hydrogens (tertiary/aromatic N) is 5. The standard InChI is InChI=1S/C15H23N5OS/c1-11-5-4-6-13(9-11)20-12(2)17-18-15(20)22(21)10-14-16-7-8-19(14)3/h7-8,11,13H,4-6,9-10H2,1-3H3. The molecule has 120 valence electrons. The van der Waals surface area contributed by atoms with E-state index in [1.807, 2.05) is 24.7 Å². The summed E-state index contributed by atoms with van der Waals surface area (Å²) in [5.41, 5.74) is 0. The van der Waals surface area contributed by atoms with E-state index in [4.69, 9.17) is 0 Å². The molecule has 22 heavy (non-hydrogen) atoms. The number of hydrogen-bond acceptors (Lipinski definition) is 4. The van der Waals surface area contributed by atoms with Crippen LogP contribution in [0.2, 0.25) is 0 Å². The third kappa shape index (κ3) is 2.99. The molecule has 1 aliphatic rings. The Morgan fingerprint density at radius 3 is 2.86 bits per heavy atom. The van der Waals surface area contributed by atoms with Crippen LogP contribution in [0.3, 0.4) is 0 Å². The predicted molar refractivity (Wildman–Crippen MR) is 84.7 cm³/mol. The Kier molecular flexibility index (Phi) is 4.42. The molecule has 7 heteroatoms. The molecule has 1 saturated carbocycles. The van der Waals surface area contributed by atoms with Gasteiger partial charge in [-0.2, -0.15) is 0 Å². The van der Waals surface area contributed by atoms with E-state index in [2.05, 4.69) is 26.7 Å². The Labute approximate surface area is 133 Å². The van der Waals surface area contributed by atoms with Crippen LogP contribution in [0.15, 0.2) is 17.6 Å². The fraction of sp³-hybridized carbons (Fsp3) is 0.667. The average molecular weight is 321 g/mol. The molecule has 1 aliphatic carbocycles. The fourth-order valence-corrected chi connectivity index (χ4v) is 4.55. The van der Waals surface area contributed by atoms with E-state index < -0.39 is 10.8 Å². The van der Waals surface area contributed by atoms with Crippen LogP contribution in [0.1, 0.15) is 50.3 Å². The maximum Gasteiger partial charge on any atom is 0.222 e. The van der Waals surface area contributed by atoms with Crippen molar-refractivity contribution in [2.45, 2.75) is 56.5 Å².